The Hall–Kier alpha value is -2.14. The van der Waals surface area contributed by atoms with Crippen molar-refractivity contribution in [1.29, 1.82) is 0 Å². The Kier molecular flexibility index (Phi) is 4.14. The molecular formula is C16H17NO3S. The molecule has 2 aromatic rings. The average molecular weight is 303 g/mol. The van der Waals surface area contributed by atoms with E-state index < -0.39 is 10.0 Å². The predicted octanol–water partition coefficient (Wildman–Crippen LogP) is 3.02. The van der Waals surface area contributed by atoms with Gasteiger partial charge in [-0.05, 0) is 43.7 Å². The van der Waals surface area contributed by atoms with Crippen molar-refractivity contribution in [3.8, 4) is 0 Å². The van der Waals surface area contributed by atoms with Crippen LogP contribution in [0.3, 0.4) is 0 Å². The maximum atomic E-state index is 12.6. The van der Waals surface area contributed by atoms with Crippen LogP contribution in [0, 0.1) is 6.92 Å². The van der Waals surface area contributed by atoms with Crippen LogP contribution >= 0.6 is 0 Å². The van der Waals surface area contributed by atoms with Crippen molar-refractivity contribution in [2.45, 2.75) is 18.7 Å². The summed E-state index contributed by atoms with van der Waals surface area (Å²) in [5.41, 5.74) is 1.95. The summed E-state index contributed by atoms with van der Waals surface area (Å²) in [7, 11) is -2.18. The van der Waals surface area contributed by atoms with Crippen molar-refractivity contribution in [2.75, 3.05) is 11.4 Å². The third-order valence-corrected chi connectivity index (χ3v) is 5.05. The molecule has 0 aliphatic heterocycles. The summed E-state index contributed by atoms with van der Waals surface area (Å²) < 4.78 is 26.5. The van der Waals surface area contributed by atoms with Crippen LogP contribution in [-0.4, -0.2) is 21.2 Å². The molecule has 0 bridgehead atoms. The number of anilines is 1. The number of Topliss-reactive ketones (excluding diaryl/α,β-unsaturated/α-hetero) is 1. The van der Waals surface area contributed by atoms with Crippen molar-refractivity contribution in [1.82, 2.24) is 0 Å². The maximum Gasteiger partial charge on any atom is 0.264 e. The SMILES string of the molecule is CC(=O)c1cccc(S(=O)(=O)N(C)c2cccc(C)c2)c1. The minimum Gasteiger partial charge on any atom is -0.295 e. The molecule has 0 saturated heterocycles. The lowest BCUT2D eigenvalue weighted by Gasteiger charge is -2.20. The average Bonchev–Trinajstić information content (AvgIpc) is 2.46. The summed E-state index contributed by atoms with van der Waals surface area (Å²) in [6.07, 6.45) is 0. The molecule has 0 radical (unpaired) electrons. The molecule has 0 amide bonds. The van der Waals surface area contributed by atoms with E-state index in [9.17, 15) is 13.2 Å². The van der Waals surface area contributed by atoms with Crippen LogP contribution in [-0.2, 0) is 10.0 Å². The van der Waals surface area contributed by atoms with Gasteiger partial charge in [-0.3, -0.25) is 9.10 Å². The van der Waals surface area contributed by atoms with Gasteiger partial charge in [-0.25, -0.2) is 8.42 Å². The largest absolute Gasteiger partial charge is 0.295 e. The standard InChI is InChI=1S/C16H17NO3S/c1-12-6-4-8-15(10-12)17(3)21(19,20)16-9-5-7-14(11-16)13(2)18/h4-11H,1-3H3. The van der Waals surface area contributed by atoms with Crippen LogP contribution in [0.5, 0.6) is 0 Å². The molecule has 0 aromatic heterocycles. The zero-order chi connectivity index (χ0) is 15.6. The highest BCUT2D eigenvalue weighted by Crippen LogP contribution is 2.23. The second-order valence-corrected chi connectivity index (χ2v) is 6.86. The molecule has 21 heavy (non-hydrogen) atoms. The topological polar surface area (TPSA) is 54.5 Å². The molecule has 0 aliphatic rings. The Morgan fingerprint density at radius 1 is 1.05 bits per heavy atom. The molecule has 0 atom stereocenters. The van der Waals surface area contributed by atoms with Crippen molar-refractivity contribution in [3.05, 3.63) is 59.7 Å². The first-order chi connectivity index (χ1) is 9.82. The first-order valence-corrected chi connectivity index (χ1v) is 7.93. The minimum atomic E-state index is -3.68. The number of hydrogen-bond acceptors (Lipinski definition) is 3. The van der Waals surface area contributed by atoms with Gasteiger partial charge in [0, 0.05) is 12.6 Å². The fourth-order valence-electron chi connectivity index (χ4n) is 2.00. The highest BCUT2D eigenvalue weighted by atomic mass is 32.2. The van der Waals surface area contributed by atoms with Crippen LogP contribution in [0.25, 0.3) is 0 Å². The second-order valence-electron chi connectivity index (χ2n) is 4.90. The Labute approximate surface area is 125 Å². The lowest BCUT2D eigenvalue weighted by atomic mass is 10.2. The second kappa shape index (κ2) is 5.69. The Morgan fingerprint density at radius 2 is 1.71 bits per heavy atom. The van der Waals surface area contributed by atoms with Gasteiger partial charge in [0.2, 0.25) is 0 Å². The van der Waals surface area contributed by atoms with Crippen molar-refractivity contribution < 1.29 is 13.2 Å². The summed E-state index contributed by atoms with van der Waals surface area (Å²) in [6.45, 7) is 3.32. The number of ketones is 1. The number of hydrogen-bond donors (Lipinski definition) is 0. The zero-order valence-corrected chi connectivity index (χ0v) is 13.0. The molecule has 5 heteroatoms. The van der Waals surface area contributed by atoms with E-state index in [1.807, 2.05) is 19.1 Å². The summed E-state index contributed by atoms with van der Waals surface area (Å²) in [5, 5.41) is 0. The summed E-state index contributed by atoms with van der Waals surface area (Å²) >= 11 is 0. The smallest absolute Gasteiger partial charge is 0.264 e. The van der Waals surface area contributed by atoms with Gasteiger partial charge in [-0.1, -0.05) is 24.3 Å². The zero-order valence-electron chi connectivity index (χ0n) is 12.2. The molecule has 0 saturated carbocycles. The fraction of sp³-hybridized carbons (Fsp3) is 0.188. The van der Waals surface area contributed by atoms with Crippen molar-refractivity contribution >= 4 is 21.5 Å². The molecule has 0 spiro atoms. The molecule has 0 aliphatic carbocycles. The highest BCUT2D eigenvalue weighted by Gasteiger charge is 2.22. The van der Waals surface area contributed by atoms with Crippen LogP contribution in [0.15, 0.2) is 53.4 Å². The van der Waals surface area contributed by atoms with E-state index in [1.54, 1.807) is 24.3 Å². The number of aryl methyl sites for hydroxylation is 1. The molecule has 0 unspecified atom stereocenters. The van der Waals surface area contributed by atoms with E-state index in [1.165, 1.54) is 30.4 Å². The molecule has 2 rings (SSSR count). The third-order valence-electron chi connectivity index (χ3n) is 3.26. The Morgan fingerprint density at radius 3 is 2.33 bits per heavy atom. The number of rotatable bonds is 4. The van der Waals surface area contributed by atoms with E-state index in [-0.39, 0.29) is 10.7 Å². The summed E-state index contributed by atoms with van der Waals surface area (Å²) in [6, 6.07) is 13.3. The van der Waals surface area contributed by atoms with Crippen LogP contribution in [0.4, 0.5) is 5.69 Å². The molecule has 4 nitrogen and oxygen atoms in total. The normalized spacial score (nSPS) is 11.2. The van der Waals surface area contributed by atoms with Gasteiger partial charge in [0.25, 0.3) is 10.0 Å². The lowest BCUT2D eigenvalue weighted by molar-refractivity contribution is 0.101. The molecule has 2 aromatic carbocycles. The van der Waals surface area contributed by atoms with Gasteiger partial charge in [0.15, 0.2) is 5.78 Å². The minimum absolute atomic E-state index is 0.110. The first kappa shape index (κ1) is 15.3. The van der Waals surface area contributed by atoms with E-state index in [4.69, 9.17) is 0 Å². The summed E-state index contributed by atoms with van der Waals surface area (Å²) in [5.74, 6) is -0.162. The fourth-order valence-corrected chi connectivity index (χ4v) is 3.23. The molecule has 0 N–H and O–H groups in total. The van der Waals surface area contributed by atoms with Crippen molar-refractivity contribution in [2.24, 2.45) is 0 Å². The van der Waals surface area contributed by atoms with Gasteiger partial charge >= 0.3 is 0 Å². The number of nitrogens with zero attached hydrogens (tertiary/aromatic N) is 1. The van der Waals surface area contributed by atoms with Gasteiger partial charge < -0.3 is 0 Å². The van der Waals surface area contributed by atoms with Crippen molar-refractivity contribution in [3.63, 3.8) is 0 Å². The third kappa shape index (κ3) is 3.13. The van der Waals surface area contributed by atoms with Gasteiger partial charge in [0.1, 0.15) is 0 Å². The maximum absolute atomic E-state index is 12.6. The van der Waals surface area contributed by atoms with E-state index >= 15 is 0 Å². The monoisotopic (exact) mass is 303 g/mol. The summed E-state index contributed by atoms with van der Waals surface area (Å²) in [4.78, 5) is 11.5. The van der Waals surface area contributed by atoms with Gasteiger partial charge in [0.05, 0.1) is 10.6 Å². The number of carbonyl (C=O) groups is 1. The Bertz CT molecular complexity index is 782. The van der Waals surface area contributed by atoms with Crippen LogP contribution in [0.1, 0.15) is 22.8 Å². The molecular weight excluding hydrogens is 286 g/mol. The number of sulfonamides is 1. The molecule has 0 fully saturated rings. The van der Waals surface area contributed by atoms with E-state index in [0.717, 1.165) is 5.56 Å². The first-order valence-electron chi connectivity index (χ1n) is 6.49. The van der Waals surface area contributed by atoms with Crippen LogP contribution in [0.2, 0.25) is 0 Å². The predicted molar refractivity (Wildman–Crippen MR) is 83.2 cm³/mol. The highest BCUT2D eigenvalue weighted by molar-refractivity contribution is 7.92. The van der Waals surface area contributed by atoms with Gasteiger partial charge in [-0.15, -0.1) is 0 Å². The molecule has 0 heterocycles. The quantitative estimate of drug-likeness (QED) is 0.816. The van der Waals surface area contributed by atoms with E-state index in [0.29, 0.717) is 11.3 Å². The number of carbonyl (C=O) groups excluding carboxylic acids is 1. The Balaban J connectivity index is 2.46. The van der Waals surface area contributed by atoms with E-state index in [2.05, 4.69) is 0 Å². The van der Waals surface area contributed by atoms with Gasteiger partial charge in [-0.2, -0.15) is 0 Å². The molecule has 110 valence electrons. The number of benzene rings is 2. The van der Waals surface area contributed by atoms with Crippen LogP contribution < -0.4 is 4.31 Å². The lowest BCUT2D eigenvalue weighted by Crippen LogP contribution is -2.26.